The van der Waals surface area contributed by atoms with Crippen LogP contribution in [0.5, 0.6) is 0 Å². The normalized spacial score (nSPS) is 10.5. The van der Waals surface area contributed by atoms with Gasteiger partial charge in [0.1, 0.15) is 5.82 Å². The van der Waals surface area contributed by atoms with Crippen LogP contribution in [0, 0.1) is 12.7 Å². The SMILES string of the molecule is Cc1ccc(F)c(CNCCCN)c1. The van der Waals surface area contributed by atoms with Gasteiger partial charge < -0.3 is 11.1 Å². The van der Waals surface area contributed by atoms with Crippen molar-refractivity contribution in [3.63, 3.8) is 0 Å². The molecule has 0 unspecified atom stereocenters. The highest BCUT2D eigenvalue weighted by Gasteiger charge is 2.00. The second kappa shape index (κ2) is 5.73. The van der Waals surface area contributed by atoms with Crippen molar-refractivity contribution in [1.82, 2.24) is 5.32 Å². The summed E-state index contributed by atoms with van der Waals surface area (Å²) < 4.78 is 13.2. The third-order valence-electron chi connectivity index (χ3n) is 2.07. The summed E-state index contributed by atoms with van der Waals surface area (Å²) >= 11 is 0. The summed E-state index contributed by atoms with van der Waals surface area (Å²) in [5.41, 5.74) is 7.16. The maximum absolute atomic E-state index is 13.2. The molecule has 0 radical (unpaired) electrons. The molecule has 0 spiro atoms. The molecule has 0 aliphatic heterocycles. The summed E-state index contributed by atoms with van der Waals surface area (Å²) in [6.07, 6.45) is 0.924. The van der Waals surface area contributed by atoms with E-state index in [1.54, 1.807) is 6.07 Å². The van der Waals surface area contributed by atoms with Crippen LogP contribution >= 0.6 is 0 Å². The molecule has 1 aromatic rings. The number of benzene rings is 1. The highest BCUT2D eigenvalue weighted by atomic mass is 19.1. The second-order valence-corrected chi connectivity index (χ2v) is 3.41. The van der Waals surface area contributed by atoms with Crippen LogP contribution in [-0.4, -0.2) is 13.1 Å². The Balaban J connectivity index is 2.45. The molecule has 0 heterocycles. The summed E-state index contributed by atoms with van der Waals surface area (Å²) in [4.78, 5) is 0. The maximum atomic E-state index is 13.2. The fraction of sp³-hybridized carbons (Fsp3) is 0.455. The van der Waals surface area contributed by atoms with Crippen LogP contribution in [0.3, 0.4) is 0 Å². The Morgan fingerprint density at radius 3 is 2.93 bits per heavy atom. The third kappa shape index (κ3) is 3.44. The summed E-state index contributed by atoms with van der Waals surface area (Å²) in [6.45, 7) is 4.05. The minimum Gasteiger partial charge on any atom is -0.330 e. The molecule has 0 bridgehead atoms. The lowest BCUT2D eigenvalue weighted by molar-refractivity contribution is 0.582. The van der Waals surface area contributed by atoms with E-state index in [0.29, 0.717) is 13.1 Å². The van der Waals surface area contributed by atoms with Crippen molar-refractivity contribution in [2.45, 2.75) is 19.9 Å². The summed E-state index contributed by atoms with van der Waals surface area (Å²) in [5, 5.41) is 3.15. The Morgan fingerprint density at radius 1 is 1.43 bits per heavy atom. The lowest BCUT2D eigenvalue weighted by Gasteiger charge is -2.06. The molecule has 3 heteroatoms. The largest absolute Gasteiger partial charge is 0.330 e. The minimum absolute atomic E-state index is 0.143. The number of hydrogen-bond donors (Lipinski definition) is 2. The van der Waals surface area contributed by atoms with E-state index in [1.807, 2.05) is 13.0 Å². The van der Waals surface area contributed by atoms with Crippen molar-refractivity contribution < 1.29 is 4.39 Å². The van der Waals surface area contributed by atoms with Crippen LogP contribution in [0.25, 0.3) is 0 Å². The molecule has 2 nitrogen and oxygen atoms in total. The van der Waals surface area contributed by atoms with E-state index in [9.17, 15) is 4.39 Å². The predicted octanol–water partition coefficient (Wildman–Crippen LogP) is 1.57. The molecule has 78 valence electrons. The van der Waals surface area contributed by atoms with Gasteiger partial charge in [0.25, 0.3) is 0 Å². The first-order chi connectivity index (χ1) is 6.74. The van der Waals surface area contributed by atoms with E-state index in [-0.39, 0.29) is 5.82 Å². The van der Waals surface area contributed by atoms with Gasteiger partial charge in [-0.1, -0.05) is 17.7 Å². The summed E-state index contributed by atoms with van der Waals surface area (Å²) in [6, 6.07) is 5.15. The Bertz CT molecular complexity index is 287. The zero-order chi connectivity index (χ0) is 10.4. The number of nitrogens with two attached hydrogens (primary N) is 1. The Morgan fingerprint density at radius 2 is 2.21 bits per heavy atom. The average Bonchev–Trinajstić information content (AvgIpc) is 2.18. The molecule has 3 N–H and O–H groups in total. The fourth-order valence-electron chi connectivity index (χ4n) is 1.29. The van der Waals surface area contributed by atoms with Gasteiger partial charge >= 0.3 is 0 Å². The first-order valence-electron chi connectivity index (χ1n) is 4.90. The highest BCUT2D eigenvalue weighted by Crippen LogP contribution is 2.09. The molecule has 0 fully saturated rings. The Labute approximate surface area is 84.3 Å². The van der Waals surface area contributed by atoms with Crippen molar-refractivity contribution in [1.29, 1.82) is 0 Å². The van der Waals surface area contributed by atoms with Crippen molar-refractivity contribution in [3.8, 4) is 0 Å². The standard InChI is InChI=1S/C11H17FN2/c1-9-3-4-11(12)10(7-9)8-14-6-2-5-13/h3-4,7,14H,2,5-6,8,13H2,1H3. The second-order valence-electron chi connectivity index (χ2n) is 3.41. The first-order valence-corrected chi connectivity index (χ1v) is 4.90. The van der Waals surface area contributed by atoms with Gasteiger partial charge in [0, 0.05) is 12.1 Å². The van der Waals surface area contributed by atoms with Crippen molar-refractivity contribution in [2.24, 2.45) is 5.73 Å². The molecule has 0 saturated carbocycles. The number of hydrogen-bond acceptors (Lipinski definition) is 2. The third-order valence-corrected chi connectivity index (χ3v) is 2.07. The van der Waals surface area contributed by atoms with E-state index in [4.69, 9.17) is 5.73 Å². The average molecular weight is 196 g/mol. The quantitative estimate of drug-likeness (QED) is 0.702. The lowest BCUT2D eigenvalue weighted by Crippen LogP contribution is -2.18. The van der Waals surface area contributed by atoms with Crippen LogP contribution < -0.4 is 11.1 Å². The monoisotopic (exact) mass is 196 g/mol. The van der Waals surface area contributed by atoms with Gasteiger partial charge in [0.15, 0.2) is 0 Å². The van der Waals surface area contributed by atoms with Crippen molar-refractivity contribution in [3.05, 3.63) is 35.1 Å². The van der Waals surface area contributed by atoms with E-state index < -0.39 is 0 Å². The van der Waals surface area contributed by atoms with Crippen LogP contribution in [0.2, 0.25) is 0 Å². The van der Waals surface area contributed by atoms with Crippen LogP contribution in [-0.2, 0) is 6.54 Å². The maximum Gasteiger partial charge on any atom is 0.127 e. The molecule has 1 rings (SSSR count). The number of halogens is 1. The molecular weight excluding hydrogens is 179 g/mol. The number of aryl methyl sites for hydroxylation is 1. The molecule has 0 aliphatic carbocycles. The Hall–Kier alpha value is -0.930. The fourth-order valence-corrected chi connectivity index (χ4v) is 1.29. The minimum atomic E-state index is -0.143. The van der Waals surface area contributed by atoms with Gasteiger partial charge in [-0.25, -0.2) is 4.39 Å². The highest BCUT2D eigenvalue weighted by molar-refractivity contribution is 5.23. The van der Waals surface area contributed by atoms with Gasteiger partial charge in [-0.2, -0.15) is 0 Å². The van der Waals surface area contributed by atoms with Gasteiger partial charge in [-0.15, -0.1) is 0 Å². The van der Waals surface area contributed by atoms with Crippen LogP contribution in [0.1, 0.15) is 17.5 Å². The molecule has 0 atom stereocenters. The summed E-state index contributed by atoms with van der Waals surface area (Å²) in [5.74, 6) is -0.143. The van der Waals surface area contributed by atoms with Crippen LogP contribution in [0.4, 0.5) is 4.39 Å². The molecule has 0 aromatic heterocycles. The van der Waals surface area contributed by atoms with Crippen LogP contribution in [0.15, 0.2) is 18.2 Å². The topological polar surface area (TPSA) is 38.0 Å². The zero-order valence-corrected chi connectivity index (χ0v) is 8.52. The van der Waals surface area contributed by atoms with Crippen molar-refractivity contribution in [2.75, 3.05) is 13.1 Å². The molecule has 14 heavy (non-hydrogen) atoms. The number of nitrogens with one attached hydrogen (secondary N) is 1. The van der Waals surface area contributed by atoms with Crippen molar-refractivity contribution >= 4 is 0 Å². The van der Waals surface area contributed by atoms with E-state index in [0.717, 1.165) is 24.1 Å². The molecular formula is C11H17FN2. The first kappa shape index (κ1) is 11.1. The van der Waals surface area contributed by atoms with E-state index >= 15 is 0 Å². The zero-order valence-electron chi connectivity index (χ0n) is 8.52. The van der Waals surface area contributed by atoms with Gasteiger partial charge in [0.2, 0.25) is 0 Å². The van der Waals surface area contributed by atoms with Gasteiger partial charge in [-0.05, 0) is 32.5 Å². The van der Waals surface area contributed by atoms with E-state index in [1.165, 1.54) is 6.07 Å². The Kier molecular flexibility index (Phi) is 4.56. The van der Waals surface area contributed by atoms with Gasteiger partial charge in [0.05, 0.1) is 0 Å². The smallest absolute Gasteiger partial charge is 0.127 e. The molecule has 1 aromatic carbocycles. The molecule has 0 aliphatic rings. The lowest BCUT2D eigenvalue weighted by atomic mass is 10.1. The van der Waals surface area contributed by atoms with Gasteiger partial charge in [-0.3, -0.25) is 0 Å². The predicted molar refractivity (Wildman–Crippen MR) is 56.5 cm³/mol. The number of rotatable bonds is 5. The summed E-state index contributed by atoms with van der Waals surface area (Å²) in [7, 11) is 0. The molecule has 0 amide bonds. The molecule has 0 saturated heterocycles. The van der Waals surface area contributed by atoms with E-state index in [2.05, 4.69) is 5.32 Å².